The number of rotatable bonds is 5. The zero-order valence-corrected chi connectivity index (χ0v) is 18.0. The van der Waals surface area contributed by atoms with E-state index in [1.807, 2.05) is 24.3 Å². The van der Waals surface area contributed by atoms with Gasteiger partial charge in [0.05, 0.1) is 11.1 Å². The van der Waals surface area contributed by atoms with Gasteiger partial charge in [0.15, 0.2) is 11.5 Å². The first kappa shape index (κ1) is 21.3. The minimum atomic E-state index is -3.03. The first-order valence-corrected chi connectivity index (χ1v) is 10.8. The number of anilines is 1. The molecule has 5 rings (SSSR count). The van der Waals surface area contributed by atoms with Crippen molar-refractivity contribution in [3.05, 3.63) is 47.5 Å². The first-order valence-electron chi connectivity index (χ1n) is 10.4. The maximum absolute atomic E-state index is 13.0. The van der Waals surface area contributed by atoms with Crippen molar-refractivity contribution < 1.29 is 18.3 Å². The van der Waals surface area contributed by atoms with Crippen LogP contribution in [0.5, 0.6) is 5.75 Å². The molecule has 0 bridgehead atoms. The summed E-state index contributed by atoms with van der Waals surface area (Å²) < 4.78 is 32.1. The Labute approximate surface area is 191 Å². The van der Waals surface area contributed by atoms with E-state index in [0.717, 1.165) is 18.2 Å². The van der Waals surface area contributed by atoms with Gasteiger partial charge in [0, 0.05) is 17.0 Å². The molecule has 0 radical (unpaired) electrons. The van der Waals surface area contributed by atoms with Gasteiger partial charge in [-0.15, -0.1) is 5.10 Å². The Morgan fingerprint density at radius 1 is 1.18 bits per heavy atom. The minimum absolute atomic E-state index is 0.110. The number of alkyl halides is 2. The Morgan fingerprint density at radius 2 is 2.03 bits per heavy atom. The fourth-order valence-corrected chi connectivity index (χ4v) is 4.03. The average Bonchev–Trinajstić information content (AvgIpc) is 3.13. The predicted molar refractivity (Wildman–Crippen MR) is 120 cm³/mol. The van der Waals surface area contributed by atoms with Crippen molar-refractivity contribution in [2.75, 3.05) is 11.9 Å². The number of hydrogen-bond acceptors (Lipinski definition) is 6. The molecule has 170 valence electrons. The number of fused-ring (bicyclic) bond motifs is 3. The topological polar surface area (TPSA) is 93.4 Å². The van der Waals surface area contributed by atoms with Gasteiger partial charge in [-0.3, -0.25) is 4.79 Å². The van der Waals surface area contributed by atoms with Crippen molar-refractivity contribution in [2.45, 2.75) is 31.9 Å². The fourth-order valence-electron chi connectivity index (χ4n) is 3.87. The molecule has 0 saturated carbocycles. The number of hydrogen-bond donors (Lipinski definition) is 2. The second-order valence-corrected chi connectivity index (χ2v) is 8.06. The van der Waals surface area contributed by atoms with Gasteiger partial charge in [-0.25, -0.2) is 9.97 Å². The maximum atomic E-state index is 13.0. The van der Waals surface area contributed by atoms with Crippen LogP contribution in [0.3, 0.4) is 0 Å². The molecule has 1 amide bonds. The minimum Gasteiger partial charge on any atom is -0.434 e. The van der Waals surface area contributed by atoms with Crippen molar-refractivity contribution in [1.82, 2.24) is 24.9 Å². The summed E-state index contributed by atoms with van der Waals surface area (Å²) in [5.74, 6) is 0.244. The molecule has 11 heteroatoms. The van der Waals surface area contributed by atoms with Crippen molar-refractivity contribution >= 4 is 40.0 Å². The van der Waals surface area contributed by atoms with Crippen LogP contribution in [0.25, 0.3) is 27.9 Å². The van der Waals surface area contributed by atoms with Crippen LogP contribution >= 0.6 is 11.6 Å². The highest BCUT2D eigenvalue weighted by atomic mass is 35.5. The molecule has 1 saturated heterocycles. The molecule has 0 unspecified atom stereocenters. The molecule has 33 heavy (non-hydrogen) atoms. The number of benzene rings is 2. The van der Waals surface area contributed by atoms with Crippen LogP contribution in [0.1, 0.15) is 19.3 Å². The van der Waals surface area contributed by atoms with Crippen molar-refractivity contribution in [2.24, 2.45) is 0 Å². The number of nitrogens with zero attached hydrogens (tertiary/aromatic N) is 4. The number of aromatic nitrogens is 4. The monoisotopic (exact) mass is 472 g/mol. The molecule has 1 aliphatic heterocycles. The van der Waals surface area contributed by atoms with E-state index in [-0.39, 0.29) is 28.1 Å². The number of nitrogens with one attached hydrogen (secondary N) is 2. The number of amides is 1. The van der Waals surface area contributed by atoms with Gasteiger partial charge in [-0.05, 0) is 49.6 Å². The standard InChI is InChI=1S/C22H19ClF2N6O2/c23-12-8-9-14(17(11-12)33-21(24)25)18-29-19-13-5-1-2-6-15(13)27-22(31(19)30-18)28-16-7-3-4-10-26-20(16)32/h1-2,5-6,8-9,11,16,21H,3-4,7,10H2,(H,26,32)(H,27,28)/t16-/m1/s1. The number of carbonyl (C=O) groups is 1. The Hall–Kier alpha value is -3.53. The Bertz CT molecular complexity index is 1350. The average molecular weight is 473 g/mol. The summed E-state index contributed by atoms with van der Waals surface area (Å²) in [5.41, 5.74) is 1.37. The summed E-state index contributed by atoms with van der Waals surface area (Å²) in [7, 11) is 0. The number of carbonyl (C=O) groups excluding carboxylic acids is 1. The molecule has 2 aromatic carbocycles. The van der Waals surface area contributed by atoms with Crippen LogP contribution < -0.4 is 15.4 Å². The molecular weight excluding hydrogens is 454 g/mol. The molecule has 0 aliphatic carbocycles. The molecule has 1 fully saturated rings. The van der Waals surface area contributed by atoms with E-state index in [1.54, 1.807) is 6.07 Å². The summed E-state index contributed by atoms with van der Waals surface area (Å²) in [4.78, 5) is 21.7. The van der Waals surface area contributed by atoms with Gasteiger partial charge >= 0.3 is 6.61 Å². The third-order valence-corrected chi connectivity index (χ3v) is 5.65. The molecule has 1 atom stereocenters. The van der Waals surface area contributed by atoms with Gasteiger partial charge in [0.25, 0.3) is 0 Å². The second-order valence-electron chi connectivity index (χ2n) is 7.63. The zero-order valence-electron chi connectivity index (χ0n) is 17.3. The van der Waals surface area contributed by atoms with E-state index in [9.17, 15) is 13.6 Å². The lowest BCUT2D eigenvalue weighted by molar-refractivity contribution is -0.121. The van der Waals surface area contributed by atoms with Crippen molar-refractivity contribution in [1.29, 1.82) is 0 Å². The van der Waals surface area contributed by atoms with Gasteiger partial charge < -0.3 is 15.4 Å². The van der Waals surface area contributed by atoms with E-state index in [4.69, 9.17) is 11.6 Å². The molecule has 8 nitrogen and oxygen atoms in total. The largest absolute Gasteiger partial charge is 0.434 e. The van der Waals surface area contributed by atoms with Crippen LogP contribution in [0.4, 0.5) is 14.7 Å². The number of para-hydroxylation sites is 1. The van der Waals surface area contributed by atoms with Crippen LogP contribution in [-0.2, 0) is 4.79 Å². The Balaban J connectivity index is 1.66. The normalized spacial score (nSPS) is 16.7. The van der Waals surface area contributed by atoms with Crippen molar-refractivity contribution in [3.63, 3.8) is 0 Å². The van der Waals surface area contributed by atoms with Crippen LogP contribution in [0.2, 0.25) is 5.02 Å². The van der Waals surface area contributed by atoms with Gasteiger partial charge in [-0.2, -0.15) is 13.3 Å². The third kappa shape index (κ3) is 4.25. The van der Waals surface area contributed by atoms with Crippen LogP contribution in [0.15, 0.2) is 42.5 Å². The van der Waals surface area contributed by atoms with Crippen LogP contribution in [0, 0.1) is 0 Å². The maximum Gasteiger partial charge on any atom is 0.387 e. The third-order valence-electron chi connectivity index (χ3n) is 5.42. The molecule has 2 aromatic heterocycles. The smallest absolute Gasteiger partial charge is 0.387 e. The summed E-state index contributed by atoms with van der Waals surface area (Å²) >= 11 is 5.98. The SMILES string of the molecule is O=C1NCCCC[C@H]1Nc1nc2ccccc2c2nc(-c3ccc(Cl)cc3OC(F)F)nn12. The summed E-state index contributed by atoms with van der Waals surface area (Å²) in [6.07, 6.45) is 2.43. The number of ether oxygens (including phenoxy) is 1. The van der Waals surface area contributed by atoms with E-state index in [2.05, 4.69) is 30.4 Å². The lowest BCUT2D eigenvalue weighted by atomic mass is 10.1. The van der Waals surface area contributed by atoms with E-state index < -0.39 is 12.7 Å². The Kier molecular flexibility index (Phi) is 5.67. The van der Waals surface area contributed by atoms with E-state index >= 15 is 0 Å². The zero-order chi connectivity index (χ0) is 22.9. The molecule has 4 aromatic rings. The highest BCUT2D eigenvalue weighted by molar-refractivity contribution is 6.30. The quantitative estimate of drug-likeness (QED) is 0.450. The predicted octanol–water partition coefficient (Wildman–Crippen LogP) is 4.28. The first-order chi connectivity index (χ1) is 16.0. The van der Waals surface area contributed by atoms with E-state index in [1.165, 1.54) is 16.6 Å². The lowest BCUT2D eigenvalue weighted by Crippen LogP contribution is -2.38. The molecular formula is C22H19ClF2N6O2. The molecule has 1 aliphatic rings. The van der Waals surface area contributed by atoms with Gasteiger partial charge in [0.1, 0.15) is 11.8 Å². The second kappa shape index (κ2) is 8.78. The molecule has 2 N–H and O–H groups in total. The summed E-state index contributed by atoms with van der Waals surface area (Å²) in [6, 6.07) is 11.2. The summed E-state index contributed by atoms with van der Waals surface area (Å²) in [6.45, 7) is -2.40. The van der Waals surface area contributed by atoms with Crippen LogP contribution in [-0.4, -0.2) is 44.7 Å². The van der Waals surface area contributed by atoms with Gasteiger partial charge in [0.2, 0.25) is 11.9 Å². The van der Waals surface area contributed by atoms with Gasteiger partial charge in [-0.1, -0.05) is 23.7 Å². The number of halogens is 3. The molecule has 0 spiro atoms. The van der Waals surface area contributed by atoms with E-state index in [0.29, 0.717) is 30.1 Å². The fraction of sp³-hybridized carbons (Fsp3) is 0.273. The highest BCUT2D eigenvalue weighted by Crippen LogP contribution is 2.33. The molecule has 3 heterocycles. The summed E-state index contributed by atoms with van der Waals surface area (Å²) in [5, 5.41) is 11.6. The lowest BCUT2D eigenvalue weighted by Gasteiger charge is -2.16. The van der Waals surface area contributed by atoms with Crippen molar-refractivity contribution in [3.8, 4) is 17.1 Å². The highest BCUT2D eigenvalue weighted by Gasteiger charge is 2.24. The Morgan fingerprint density at radius 3 is 2.88 bits per heavy atom.